The third kappa shape index (κ3) is 9.10. The zero-order chi connectivity index (χ0) is 32.9. The van der Waals surface area contributed by atoms with Crippen molar-refractivity contribution in [2.24, 2.45) is 11.8 Å². The minimum atomic E-state index is -2.23. The van der Waals surface area contributed by atoms with Crippen molar-refractivity contribution in [3.63, 3.8) is 0 Å². The van der Waals surface area contributed by atoms with Crippen LogP contribution in [0.25, 0.3) is 11.1 Å². The summed E-state index contributed by atoms with van der Waals surface area (Å²) in [5, 5.41) is 0.0696. The van der Waals surface area contributed by atoms with E-state index in [9.17, 15) is 0 Å². The molecule has 3 atom stereocenters. The first-order chi connectivity index (χ1) is 20.4. The average molecular weight is 638 g/mol. The Hall–Kier alpha value is -1.90. The van der Waals surface area contributed by atoms with Gasteiger partial charge < -0.3 is 13.6 Å². The van der Waals surface area contributed by atoms with Crippen LogP contribution in [0.5, 0.6) is 11.6 Å². The van der Waals surface area contributed by atoms with Crippen LogP contribution in [0.3, 0.4) is 0 Å². The van der Waals surface area contributed by atoms with Crippen LogP contribution in [0.2, 0.25) is 36.3 Å². The van der Waals surface area contributed by atoms with Crippen molar-refractivity contribution in [2.45, 2.75) is 143 Å². The van der Waals surface area contributed by atoms with Gasteiger partial charge in [0.05, 0.1) is 18.3 Å². The molecule has 3 rings (SSSR count). The zero-order valence-corrected chi connectivity index (χ0v) is 32.4. The van der Waals surface area contributed by atoms with Crippen molar-refractivity contribution in [3.8, 4) is 22.8 Å². The van der Waals surface area contributed by atoms with Crippen molar-refractivity contribution < 1.29 is 13.6 Å². The summed E-state index contributed by atoms with van der Waals surface area (Å²) < 4.78 is 21.2. The Balaban J connectivity index is 2.09. The highest BCUT2D eigenvalue weighted by atomic mass is 28.4. The Kier molecular flexibility index (Phi) is 12.2. The highest BCUT2D eigenvalue weighted by Crippen LogP contribution is 2.51. The van der Waals surface area contributed by atoms with Crippen molar-refractivity contribution in [1.29, 1.82) is 0 Å². The molecule has 0 unspecified atom stereocenters. The van der Waals surface area contributed by atoms with E-state index in [1.807, 2.05) is 6.20 Å². The third-order valence-corrected chi connectivity index (χ3v) is 19.2. The Morgan fingerprint density at radius 1 is 0.955 bits per heavy atom. The molecular formula is C38H63NO3Si2. The van der Waals surface area contributed by atoms with Crippen LogP contribution < -0.4 is 8.85 Å². The Morgan fingerprint density at radius 2 is 1.57 bits per heavy atom. The van der Waals surface area contributed by atoms with Gasteiger partial charge in [-0.1, -0.05) is 118 Å². The summed E-state index contributed by atoms with van der Waals surface area (Å²) in [7, 11) is -4.44. The summed E-state index contributed by atoms with van der Waals surface area (Å²) in [5.74, 6) is 2.69. The molecule has 0 saturated carbocycles. The second-order valence-corrected chi connectivity index (χ2v) is 25.8. The van der Waals surface area contributed by atoms with E-state index in [1.54, 1.807) is 0 Å². The molecule has 6 heteroatoms. The monoisotopic (exact) mass is 637 g/mol. The highest BCUT2D eigenvalue weighted by molar-refractivity contribution is 6.75. The summed E-state index contributed by atoms with van der Waals surface area (Å²) in [6, 6.07) is 10.5. The van der Waals surface area contributed by atoms with Crippen LogP contribution in [-0.2, 0) is 4.74 Å². The Bertz CT molecular complexity index is 1240. The number of hydrogen-bond donors (Lipinski definition) is 0. The summed E-state index contributed by atoms with van der Waals surface area (Å²) in [6.07, 6.45) is 11.6. The molecule has 1 aromatic heterocycles. The lowest BCUT2D eigenvalue weighted by atomic mass is 9.87. The predicted molar refractivity (Wildman–Crippen MR) is 194 cm³/mol. The number of benzene rings is 1. The maximum atomic E-state index is 7.31. The molecule has 2 aromatic rings. The summed E-state index contributed by atoms with van der Waals surface area (Å²) >= 11 is 0. The summed E-state index contributed by atoms with van der Waals surface area (Å²) in [4.78, 5) is 5.08. The number of hydrogen-bond acceptors (Lipinski definition) is 4. The molecule has 2 heterocycles. The number of nitrogens with zero attached hydrogens (tertiary/aromatic N) is 1. The van der Waals surface area contributed by atoms with E-state index in [0.29, 0.717) is 12.5 Å². The van der Waals surface area contributed by atoms with Crippen molar-refractivity contribution in [3.05, 3.63) is 53.7 Å². The van der Waals surface area contributed by atoms with Crippen molar-refractivity contribution in [1.82, 2.24) is 4.98 Å². The molecule has 1 saturated heterocycles. The largest absolute Gasteiger partial charge is 0.543 e. The molecule has 0 aliphatic carbocycles. The van der Waals surface area contributed by atoms with E-state index in [2.05, 4.69) is 125 Å². The molecule has 0 N–H and O–H groups in total. The van der Waals surface area contributed by atoms with Crippen LogP contribution >= 0.6 is 0 Å². The van der Waals surface area contributed by atoms with Gasteiger partial charge in [-0.05, 0) is 78.5 Å². The lowest BCUT2D eigenvalue weighted by molar-refractivity contribution is 0.00220. The SMILES string of the molecule is CC[C@H](C)CCCC/C=C1/CO[C@@H](c2c(O[Si](C)(C)C(C)(C)C)ncc(-c3ccccc3)c2O[Si](C)(C)C(C)(C)C)[C@H](C)C1. The first-order valence-electron chi connectivity index (χ1n) is 17.1. The van der Waals surface area contributed by atoms with Crippen LogP contribution in [-0.4, -0.2) is 28.2 Å². The quantitative estimate of drug-likeness (QED) is 0.132. The molecule has 0 radical (unpaired) electrons. The standard InChI is InChI=1S/C38H63NO3Si2/c1-14-28(2)21-17-15-18-22-30-25-29(3)34(40-27-30)33-35(41-43(10,11)37(4,5)6)32(31-23-19-16-20-24-31)26-39-36(33)42-44(12,13)38(7,8)9/h16,19-20,22-24,26,28-29,34H,14-15,17-18,21,25,27H2,1-13H3/b30-22+/t28-,29+,34+/m0/s1. The maximum Gasteiger partial charge on any atom is 0.252 e. The van der Waals surface area contributed by atoms with Gasteiger partial charge in [-0.2, -0.15) is 0 Å². The fourth-order valence-electron chi connectivity index (χ4n) is 5.16. The second kappa shape index (κ2) is 14.7. The topological polar surface area (TPSA) is 40.6 Å². The van der Waals surface area contributed by atoms with E-state index in [-0.39, 0.29) is 22.1 Å². The molecule has 0 spiro atoms. The van der Waals surface area contributed by atoms with Gasteiger partial charge in [0.1, 0.15) is 5.75 Å². The summed E-state index contributed by atoms with van der Waals surface area (Å²) in [5.41, 5.74) is 4.55. The Morgan fingerprint density at radius 3 is 2.14 bits per heavy atom. The van der Waals surface area contributed by atoms with E-state index >= 15 is 0 Å². The molecule has 246 valence electrons. The van der Waals surface area contributed by atoms with Crippen molar-refractivity contribution >= 4 is 16.6 Å². The molecule has 0 amide bonds. The molecule has 0 bridgehead atoms. The number of rotatable bonds is 12. The van der Waals surface area contributed by atoms with Gasteiger partial charge in [0, 0.05) is 11.8 Å². The van der Waals surface area contributed by atoms with Gasteiger partial charge in [0.2, 0.25) is 5.88 Å². The lowest BCUT2D eigenvalue weighted by Crippen LogP contribution is -2.45. The van der Waals surface area contributed by atoms with Gasteiger partial charge in [0.25, 0.3) is 16.6 Å². The number of aromatic nitrogens is 1. The van der Waals surface area contributed by atoms with Crippen LogP contribution in [0.4, 0.5) is 0 Å². The van der Waals surface area contributed by atoms with Crippen LogP contribution in [0.15, 0.2) is 48.2 Å². The summed E-state index contributed by atoms with van der Waals surface area (Å²) in [6.45, 7) is 30.6. The fraction of sp³-hybridized carbons (Fsp3) is 0.658. The molecule has 44 heavy (non-hydrogen) atoms. The van der Waals surface area contributed by atoms with E-state index in [0.717, 1.165) is 41.2 Å². The normalized spacial score (nSPS) is 20.1. The smallest absolute Gasteiger partial charge is 0.252 e. The first-order valence-corrected chi connectivity index (χ1v) is 23.0. The van der Waals surface area contributed by atoms with Gasteiger partial charge in [-0.25, -0.2) is 4.98 Å². The van der Waals surface area contributed by atoms with E-state index < -0.39 is 16.6 Å². The fourth-order valence-corrected chi connectivity index (χ4v) is 7.15. The minimum Gasteiger partial charge on any atom is -0.543 e. The van der Waals surface area contributed by atoms with Gasteiger partial charge >= 0.3 is 0 Å². The second-order valence-electron chi connectivity index (χ2n) is 16.4. The molecule has 1 fully saturated rings. The number of unbranched alkanes of at least 4 members (excludes halogenated alkanes) is 2. The van der Waals surface area contributed by atoms with Crippen LogP contribution in [0.1, 0.15) is 113 Å². The molecule has 1 aliphatic rings. The third-order valence-electron chi connectivity index (χ3n) is 10.6. The number of pyridine rings is 1. The molecule has 4 nitrogen and oxygen atoms in total. The van der Waals surface area contributed by atoms with Gasteiger partial charge in [0.15, 0.2) is 0 Å². The van der Waals surface area contributed by atoms with E-state index in [1.165, 1.54) is 31.3 Å². The zero-order valence-electron chi connectivity index (χ0n) is 30.4. The number of ether oxygens (including phenoxy) is 1. The van der Waals surface area contributed by atoms with Gasteiger partial charge in [-0.3, -0.25) is 0 Å². The first kappa shape index (κ1) is 36.6. The molecule has 1 aliphatic heterocycles. The number of allylic oxidation sites excluding steroid dienone is 1. The van der Waals surface area contributed by atoms with Gasteiger partial charge in [-0.15, -0.1) is 0 Å². The molecule has 1 aromatic carbocycles. The average Bonchev–Trinajstić information content (AvgIpc) is 2.92. The maximum absolute atomic E-state index is 7.31. The predicted octanol–water partition coefficient (Wildman–Crippen LogP) is 12.1. The van der Waals surface area contributed by atoms with Crippen LogP contribution in [0, 0.1) is 11.8 Å². The van der Waals surface area contributed by atoms with E-state index in [4.69, 9.17) is 18.6 Å². The molecular weight excluding hydrogens is 575 g/mol. The lowest BCUT2D eigenvalue weighted by Gasteiger charge is -2.41. The van der Waals surface area contributed by atoms with Crippen molar-refractivity contribution in [2.75, 3.05) is 6.61 Å². The highest BCUT2D eigenvalue weighted by Gasteiger charge is 2.44. The Labute approximate surface area is 272 Å². The minimum absolute atomic E-state index is 0.0335.